The maximum absolute atomic E-state index is 12.5. The van der Waals surface area contributed by atoms with E-state index in [2.05, 4.69) is 5.32 Å². The fourth-order valence-corrected chi connectivity index (χ4v) is 2.79. The van der Waals surface area contributed by atoms with Crippen molar-refractivity contribution in [1.29, 1.82) is 0 Å². The Kier molecular flexibility index (Phi) is 6.39. The minimum Gasteiger partial charge on any atom is -0.489 e. The zero-order chi connectivity index (χ0) is 19.3. The van der Waals surface area contributed by atoms with E-state index in [1.165, 1.54) is 11.8 Å². The Balaban J connectivity index is 2.21. The van der Waals surface area contributed by atoms with Crippen molar-refractivity contribution in [2.75, 3.05) is 16.8 Å². The Bertz CT molecular complexity index is 779. The van der Waals surface area contributed by atoms with Crippen LogP contribution in [0.3, 0.4) is 0 Å². The summed E-state index contributed by atoms with van der Waals surface area (Å²) >= 11 is 0. The topological polar surface area (TPSA) is 58.6 Å². The third kappa shape index (κ3) is 5.34. The molecule has 0 atom stereocenters. The molecule has 2 amide bonds. The molecule has 138 valence electrons. The predicted octanol–water partition coefficient (Wildman–Crippen LogP) is 4.08. The molecule has 5 heteroatoms. The fraction of sp³-hybridized carbons (Fsp3) is 0.333. The van der Waals surface area contributed by atoms with Crippen LogP contribution >= 0.6 is 0 Å². The third-order valence-electron chi connectivity index (χ3n) is 3.71. The molecule has 0 bridgehead atoms. The molecule has 0 saturated heterocycles. The summed E-state index contributed by atoms with van der Waals surface area (Å²) in [5.74, 6) is 0.0989. The molecule has 2 aromatic rings. The van der Waals surface area contributed by atoms with Gasteiger partial charge in [0.15, 0.2) is 0 Å². The van der Waals surface area contributed by atoms with Crippen molar-refractivity contribution in [3.8, 4) is 5.75 Å². The van der Waals surface area contributed by atoms with Gasteiger partial charge < -0.3 is 10.1 Å². The van der Waals surface area contributed by atoms with Gasteiger partial charge in [-0.15, -0.1) is 0 Å². The van der Waals surface area contributed by atoms with E-state index in [0.29, 0.717) is 11.4 Å². The van der Waals surface area contributed by atoms with Gasteiger partial charge in [-0.2, -0.15) is 0 Å². The summed E-state index contributed by atoms with van der Waals surface area (Å²) in [5.41, 5.74) is 3.45. The van der Waals surface area contributed by atoms with E-state index in [0.717, 1.165) is 16.8 Å². The number of nitrogens with zero attached hydrogens (tertiary/aromatic N) is 1. The molecule has 26 heavy (non-hydrogen) atoms. The fourth-order valence-electron chi connectivity index (χ4n) is 2.79. The number of amides is 2. The van der Waals surface area contributed by atoms with Gasteiger partial charge in [-0.3, -0.25) is 14.5 Å². The number of carbonyl (C=O) groups is 2. The number of hydrogen-bond donors (Lipinski definition) is 1. The van der Waals surface area contributed by atoms with Crippen LogP contribution in [0.1, 0.15) is 31.9 Å². The monoisotopic (exact) mass is 354 g/mol. The van der Waals surface area contributed by atoms with Crippen LogP contribution in [0.15, 0.2) is 42.5 Å². The van der Waals surface area contributed by atoms with E-state index in [-0.39, 0.29) is 24.5 Å². The first-order valence-electron chi connectivity index (χ1n) is 8.68. The van der Waals surface area contributed by atoms with Crippen LogP contribution in [-0.4, -0.2) is 24.5 Å². The molecule has 0 unspecified atom stereocenters. The second kappa shape index (κ2) is 8.52. The summed E-state index contributed by atoms with van der Waals surface area (Å²) in [6, 6.07) is 13.1. The molecule has 0 aliphatic carbocycles. The number of aryl methyl sites for hydroxylation is 2. The lowest BCUT2D eigenvalue weighted by Gasteiger charge is -2.24. The Hall–Kier alpha value is -2.82. The number of hydrogen-bond acceptors (Lipinski definition) is 3. The van der Waals surface area contributed by atoms with Gasteiger partial charge in [0.1, 0.15) is 12.3 Å². The summed E-state index contributed by atoms with van der Waals surface area (Å²) in [5, 5.41) is 2.87. The van der Waals surface area contributed by atoms with E-state index in [1.54, 1.807) is 12.1 Å². The lowest BCUT2D eigenvalue weighted by molar-refractivity contribution is -0.120. The summed E-state index contributed by atoms with van der Waals surface area (Å²) < 4.78 is 5.78. The number of ether oxygens (including phenoxy) is 1. The van der Waals surface area contributed by atoms with Gasteiger partial charge in [0.25, 0.3) is 0 Å². The van der Waals surface area contributed by atoms with Crippen molar-refractivity contribution in [1.82, 2.24) is 0 Å². The minimum absolute atomic E-state index is 0.0333. The van der Waals surface area contributed by atoms with Gasteiger partial charge in [0.2, 0.25) is 11.8 Å². The van der Waals surface area contributed by atoms with Crippen LogP contribution in [-0.2, 0) is 9.59 Å². The standard InChI is InChI=1S/C21H26N2O3/c1-14(2)26-20-9-7-6-8-19(20)23(17(5)24)13-21(25)22-18-11-15(3)10-16(4)12-18/h6-12,14H,13H2,1-5H3,(H,22,25). The Morgan fingerprint density at radius 2 is 1.69 bits per heavy atom. The molecule has 0 aromatic heterocycles. The minimum atomic E-state index is -0.260. The van der Waals surface area contributed by atoms with E-state index >= 15 is 0 Å². The van der Waals surface area contributed by atoms with Crippen LogP contribution in [0, 0.1) is 13.8 Å². The number of nitrogens with one attached hydrogen (secondary N) is 1. The lowest BCUT2D eigenvalue weighted by atomic mass is 10.1. The van der Waals surface area contributed by atoms with E-state index < -0.39 is 0 Å². The maximum Gasteiger partial charge on any atom is 0.244 e. The van der Waals surface area contributed by atoms with Gasteiger partial charge >= 0.3 is 0 Å². The highest BCUT2D eigenvalue weighted by molar-refractivity contribution is 6.02. The van der Waals surface area contributed by atoms with E-state index in [4.69, 9.17) is 4.74 Å². The zero-order valence-corrected chi connectivity index (χ0v) is 16.0. The van der Waals surface area contributed by atoms with Crippen molar-refractivity contribution in [3.05, 3.63) is 53.6 Å². The molecule has 0 aliphatic rings. The first kappa shape index (κ1) is 19.5. The molecule has 0 heterocycles. The Morgan fingerprint density at radius 3 is 2.27 bits per heavy atom. The number of para-hydroxylation sites is 2. The van der Waals surface area contributed by atoms with Crippen molar-refractivity contribution < 1.29 is 14.3 Å². The van der Waals surface area contributed by atoms with Crippen molar-refractivity contribution in [2.24, 2.45) is 0 Å². The van der Waals surface area contributed by atoms with Crippen molar-refractivity contribution in [3.63, 3.8) is 0 Å². The molecule has 2 aromatic carbocycles. The quantitative estimate of drug-likeness (QED) is 0.850. The largest absolute Gasteiger partial charge is 0.489 e. The first-order valence-corrected chi connectivity index (χ1v) is 8.68. The normalized spacial score (nSPS) is 10.5. The maximum atomic E-state index is 12.5. The molecular formula is C21H26N2O3. The van der Waals surface area contributed by atoms with Gasteiger partial charge in [-0.1, -0.05) is 18.2 Å². The molecule has 0 radical (unpaired) electrons. The second-order valence-electron chi connectivity index (χ2n) is 6.66. The summed E-state index contributed by atoms with van der Waals surface area (Å²) in [7, 11) is 0. The SMILES string of the molecule is CC(=O)N(CC(=O)Nc1cc(C)cc(C)c1)c1ccccc1OC(C)C. The Labute approximate surface area is 155 Å². The molecule has 0 saturated carbocycles. The summed E-state index contributed by atoms with van der Waals surface area (Å²) in [4.78, 5) is 26.1. The van der Waals surface area contributed by atoms with Crippen LogP contribution in [0.25, 0.3) is 0 Å². The highest BCUT2D eigenvalue weighted by Gasteiger charge is 2.20. The van der Waals surface area contributed by atoms with Gasteiger partial charge in [-0.05, 0) is 63.1 Å². The number of anilines is 2. The van der Waals surface area contributed by atoms with Crippen molar-refractivity contribution in [2.45, 2.75) is 40.7 Å². The van der Waals surface area contributed by atoms with Crippen LogP contribution < -0.4 is 15.0 Å². The van der Waals surface area contributed by atoms with Crippen LogP contribution in [0.2, 0.25) is 0 Å². The average Bonchev–Trinajstić information content (AvgIpc) is 2.51. The van der Waals surface area contributed by atoms with Gasteiger partial charge in [0.05, 0.1) is 11.8 Å². The van der Waals surface area contributed by atoms with Gasteiger partial charge in [0, 0.05) is 12.6 Å². The summed E-state index contributed by atoms with van der Waals surface area (Å²) in [6.45, 7) is 9.15. The smallest absolute Gasteiger partial charge is 0.244 e. The number of rotatable bonds is 6. The molecule has 0 spiro atoms. The zero-order valence-electron chi connectivity index (χ0n) is 16.0. The van der Waals surface area contributed by atoms with Crippen LogP contribution in [0.5, 0.6) is 5.75 Å². The highest BCUT2D eigenvalue weighted by atomic mass is 16.5. The average molecular weight is 354 g/mol. The van der Waals surface area contributed by atoms with Crippen molar-refractivity contribution >= 4 is 23.2 Å². The molecule has 0 fully saturated rings. The van der Waals surface area contributed by atoms with E-state index in [9.17, 15) is 9.59 Å². The van der Waals surface area contributed by atoms with Crippen LogP contribution in [0.4, 0.5) is 11.4 Å². The van der Waals surface area contributed by atoms with Gasteiger partial charge in [-0.25, -0.2) is 0 Å². The summed E-state index contributed by atoms with van der Waals surface area (Å²) in [6.07, 6.45) is -0.0333. The lowest BCUT2D eigenvalue weighted by Crippen LogP contribution is -2.37. The number of carbonyl (C=O) groups excluding carboxylic acids is 2. The number of benzene rings is 2. The molecule has 1 N–H and O–H groups in total. The first-order chi connectivity index (χ1) is 12.3. The molecule has 0 aliphatic heterocycles. The molecular weight excluding hydrogens is 328 g/mol. The third-order valence-corrected chi connectivity index (χ3v) is 3.71. The molecule has 2 rings (SSSR count). The Morgan fingerprint density at radius 1 is 1.08 bits per heavy atom. The predicted molar refractivity (Wildman–Crippen MR) is 105 cm³/mol. The highest BCUT2D eigenvalue weighted by Crippen LogP contribution is 2.29. The molecule has 5 nitrogen and oxygen atoms in total. The second-order valence-corrected chi connectivity index (χ2v) is 6.66. The van der Waals surface area contributed by atoms with E-state index in [1.807, 2.05) is 58.0 Å².